The van der Waals surface area contributed by atoms with Crippen molar-refractivity contribution in [3.05, 3.63) is 83.7 Å². The molecule has 9 heteroatoms. The average molecular weight is 448 g/mol. The Labute approximate surface area is 175 Å². The lowest BCUT2D eigenvalue weighted by atomic mass is 10.2. The number of aromatic nitrogens is 1. The van der Waals surface area contributed by atoms with E-state index in [4.69, 9.17) is 4.74 Å². The second-order valence-corrected chi connectivity index (χ2v) is 10.7. The number of rotatable bonds is 7. The van der Waals surface area contributed by atoms with E-state index in [0.29, 0.717) is 0 Å². The second-order valence-electron chi connectivity index (χ2n) is 6.85. The molecule has 0 radical (unpaired) electrons. The summed E-state index contributed by atoms with van der Waals surface area (Å²) >= 11 is 0. The Morgan fingerprint density at radius 3 is 1.93 bits per heavy atom. The molecule has 0 saturated carbocycles. The van der Waals surface area contributed by atoms with E-state index in [1.807, 2.05) is 13.8 Å². The second kappa shape index (κ2) is 8.45. The van der Waals surface area contributed by atoms with Gasteiger partial charge in [0.15, 0.2) is 15.6 Å². The molecule has 0 amide bonds. The monoisotopic (exact) mass is 447 g/mol. The van der Waals surface area contributed by atoms with Gasteiger partial charge in [0.05, 0.1) is 15.5 Å². The zero-order valence-electron chi connectivity index (χ0n) is 16.5. The van der Waals surface area contributed by atoms with Crippen molar-refractivity contribution in [3.63, 3.8) is 0 Å². The van der Waals surface area contributed by atoms with Crippen LogP contribution in [-0.4, -0.2) is 32.5 Å². The van der Waals surface area contributed by atoms with Gasteiger partial charge in [-0.3, -0.25) is 4.79 Å². The summed E-state index contributed by atoms with van der Waals surface area (Å²) in [5.74, 6) is -1.79. The molecule has 0 aliphatic heterocycles. The van der Waals surface area contributed by atoms with Crippen molar-refractivity contribution in [3.8, 4) is 0 Å². The molecule has 3 rings (SSSR count). The summed E-state index contributed by atoms with van der Waals surface area (Å²) in [5, 5.41) is 0. The highest BCUT2D eigenvalue weighted by molar-refractivity contribution is 7.92. The van der Waals surface area contributed by atoms with Gasteiger partial charge in [0.1, 0.15) is 6.61 Å². The number of hydrogen-bond acceptors (Lipinski definition) is 6. The zero-order valence-corrected chi connectivity index (χ0v) is 18.1. The van der Waals surface area contributed by atoms with Crippen LogP contribution < -0.4 is 0 Å². The molecule has 3 aromatic rings. The van der Waals surface area contributed by atoms with Gasteiger partial charge in [-0.25, -0.2) is 20.8 Å². The third-order valence-corrected chi connectivity index (χ3v) is 7.79. The topological polar surface area (TPSA) is 99.5 Å². The number of benzene rings is 2. The van der Waals surface area contributed by atoms with Crippen molar-refractivity contribution in [2.75, 3.05) is 5.75 Å². The van der Waals surface area contributed by atoms with E-state index >= 15 is 0 Å². The van der Waals surface area contributed by atoms with Crippen LogP contribution in [0.25, 0.3) is 0 Å². The highest BCUT2D eigenvalue weighted by atomic mass is 32.2. The van der Waals surface area contributed by atoms with Crippen molar-refractivity contribution in [2.24, 2.45) is 0 Å². The van der Waals surface area contributed by atoms with Crippen molar-refractivity contribution < 1.29 is 26.4 Å². The maximum absolute atomic E-state index is 12.8. The highest BCUT2D eigenvalue weighted by Crippen LogP contribution is 2.18. The molecule has 1 heterocycles. The van der Waals surface area contributed by atoms with Crippen molar-refractivity contribution in [2.45, 2.75) is 30.2 Å². The van der Waals surface area contributed by atoms with E-state index in [1.54, 1.807) is 24.3 Å². The first kappa shape index (κ1) is 21.8. The summed E-state index contributed by atoms with van der Waals surface area (Å²) in [6.07, 6.45) is 1.35. The number of hydrogen-bond donors (Lipinski definition) is 0. The van der Waals surface area contributed by atoms with E-state index in [1.165, 1.54) is 42.6 Å². The van der Waals surface area contributed by atoms with Crippen LogP contribution in [0.1, 0.15) is 16.8 Å². The smallest absolute Gasteiger partial charge is 0.321 e. The van der Waals surface area contributed by atoms with E-state index < -0.39 is 31.6 Å². The lowest BCUT2D eigenvalue weighted by molar-refractivity contribution is -0.141. The SMILES string of the molecule is Cc1ccc(S(=O)(=O)CC(=O)OCc2cccn2S(=O)(=O)c2ccc(C)cc2)cc1. The normalized spacial score (nSPS) is 11.9. The number of sulfone groups is 1. The number of esters is 1. The quantitative estimate of drug-likeness (QED) is 0.517. The number of aryl methyl sites for hydroxylation is 2. The summed E-state index contributed by atoms with van der Waals surface area (Å²) in [4.78, 5) is 12.2. The van der Waals surface area contributed by atoms with E-state index in [0.717, 1.165) is 15.1 Å². The molecular weight excluding hydrogens is 426 g/mol. The summed E-state index contributed by atoms with van der Waals surface area (Å²) in [6, 6.07) is 15.5. The fraction of sp³-hybridized carbons (Fsp3) is 0.190. The van der Waals surface area contributed by atoms with Gasteiger partial charge in [0, 0.05) is 6.20 Å². The largest absolute Gasteiger partial charge is 0.458 e. The van der Waals surface area contributed by atoms with Crippen LogP contribution in [0.2, 0.25) is 0 Å². The van der Waals surface area contributed by atoms with Crippen LogP contribution in [0.4, 0.5) is 0 Å². The minimum absolute atomic E-state index is 0.0235. The van der Waals surface area contributed by atoms with Gasteiger partial charge in [-0.05, 0) is 50.2 Å². The number of nitrogens with zero attached hydrogens (tertiary/aromatic N) is 1. The Kier molecular flexibility index (Phi) is 6.14. The molecule has 2 aromatic carbocycles. The van der Waals surface area contributed by atoms with Gasteiger partial charge in [-0.15, -0.1) is 0 Å². The lowest BCUT2D eigenvalue weighted by Crippen LogP contribution is -2.20. The lowest BCUT2D eigenvalue weighted by Gasteiger charge is -2.11. The molecule has 0 aliphatic carbocycles. The first-order valence-corrected chi connectivity index (χ1v) is 12.1. The van der Waals surface area contributed by atoms with Crippen LogP contribution in [-0.2, 0) is 36.0 Å². The van der Waals surface area contributed by atoms with Crippen molar-refractivity contribution >= 4 is 25.8 Å². The number of ether oxygens (including phenoxy) is 1. The van der Waals surface area contributed by atoms with Crippen LogP contribution >= 0.6 is 0 Å². The van der Waals surface area contributed by atoms with Crippen molar-refractivity contribution in [1.29, 1.82) is 0 Å². The Balaban J connectivity index is 1.71. The molecule has 1 aromatic heterocycles. The van der Waals surface area contributed by atoms with Gasteiger partial charge in [-0.2, -0.15) is 0 Å². The molecule has 158 valence electrons. The van der Waals surface area contributed by atoms with Crippen LogP contribution in [0.15, 0.2) is 76.7 Å². The van der Waals surface area contributed by atoms with Crippen LogP contribution in [0.5, 0.6) is 0 Å². The molecule has 0 bridgehead atoms. The molecule has 0 unspecified atom stereocenters. The average Bonchev–Trinajstić information content (AvgIpc) is 3.16. The van der Waals surface area contributed by atoms with E-state index in [9.17, 15) is 21.6 Å². The van der Waals surface area contributed by atoms with Crippen LogP contribution in [0.3, 0.4) is 0 Å². The minimum Gasteiger partial charge on any atom is -0.458 e. The molecular formula is C21H21NO6S2. The first-order chi connectivity index (χ1) is 14.1. The predicted octanol–water partition coefficient (Wildman–Crippen LogP) is 2.86. The fourth-order valence-corrected chi connectivity index (χ4v) is 5.22. The Morgan fingerprint density at radius 1 is 0.833 bits per heavy atom. The van der Waals surface area contributed by atoms with Gasteiger partial charge < -0.3 is 4.74 Å². The van der Waals surface area contributed by atoms with Gasteiger partial charge in [-0.1, -0.05) is 35.4 Å². The fourth-order valence-electron chi connectivity index (χ4n) is 2.75. The summed E-state index contributed by atoms with van der Waals surface area (Å²) in [5.41, 5.74) is 2.02. The predicted molar refractivity (Wildman–Crippen MR) is 111 cm³/mol. The molecule has 0 atom stereocenters. The Morgan fingerprint density at radius 2 is 1.37 bits per heavy atom. The van der Waals surface area contributed by atoms with Gasteiger partial charge >= 0.3 is 5.97 Å². The molecule has 0 N–H and O–H groups in total. The molecule has 0 aliphatic rings. The van der Waals surface area contributed by atoms with E-state index in [-0.39, 0.29) is 22.1 Å². The van der Waals surface area contributed by atoms with Crippen LogP contribution in [0, 0.1) is 13.8 Å². The zero-order chi connectivity index (χ0) is 21.9. The molecule has 0 saturated heterocycles. The molecule has 7 nitrogen and oxygen atoms in total. The molecule has 0 fully saturated rings. The first-order valence-electron chi connectivity index (χ1n) is 9.03. The summed E-state index contributed by atoms with van der Waals surface area (Å²) in [7, 11) is -7.72. The van der Waals surface area contributed by atoms with E-state index in [2.05, 4.69) is 0 Å². The molecule has 30 heavy (non-hydrogen) atoms. The summed E-state index contributed by atoms with van der Waals surface area (Å²) < 4.78 is 56.5. The highest BCUT2D eigenvalue weighted by Gasteiger charge is 2.23. The number of carbonyl (C=O) groups is 1. The third kappa shape index (κ3) is 4.80. The maximum atomic E-state index is 12.8. The third-order valence-electron chi connectivity index (χ3n) is 4.44. The summed E-state index contributed by atoms with van der Waals surface area (Å²) in [6.45, 7) is 3.30. The molecule has 0 spiro atoms. The van der Waals surface area contributed by atoms with Gasteiger partial charge in [0.25, 0.3) is 10.0 Å². The van der Waals surface area contributed by atoms with Gasteiger partial charge in [0.2, 0.25) is 0 Å². The minimum atomic E-state index is -3.87. The Hall–Kier alpha value is -2.91. The Bertz CT molecular complexity index is 1260. The standard InChI is InChI=1S/C21H21NO6S2/c1-16-5-9-19(10-6-16)29(24,25)15-21(23)28-14-18-4-3-13-22(18)30(26,27)20-11-7-17(2)8-12-20/h3-13H,14-15H2,1-2H3. The maximum Gasteiger partial charge on any atom is 0.321 e. The van der Waals surface area contributed by atoms with Crippen molar-refractivity contribution in [1.82, 2.24) is 3.97 Å². The number of carbonyl (C=O) groups excluding carboxylic acids is 1.